The van der Waals surface area contributed by atoms with Crippen LogP contribution in [-0.4, -0.2) is 62.2 Å². The van der Waals surface area contributed by atoms with Crippen LogP contribution < -0.4 is 0 Å². The van der Waals surface area contributed by atoms with Gasteiger partial charge in [0, 0.05) is 26.2 Å². The van der Waals surface area contributed by atoms with E-state index in [0.29, 0.717) is 25.7 Å². The van der Waals surface area contributed by atoms with Crippen LogP contribution >= 0.6 is 20.4 Å². The molecule has 2 heterocycles. The van der Waals surface area contributed by atoms with Gasteiger partial charge in [-0.05, 0) is 13.1 Å². The second-order valence-electron chi connectivity index (χ2n) is 3.23. The van der Waals surface area contributed by atoms with E-state index in [9.17, 15) is 0 Å². The summed E-state index contributed by atoms with van der Waals surface area (Å²) in [7, 11) is 9.40. The van der Waals surface area contributed by atoms with E-state index in [1.165, 1.54) is 26.2 Å². The molecule has 0 saturated carbocycles. The SMILES string of the molecule is [Cl][Ni][Cl].[NH-]CCN1CC1.[NH-]CCN1CC1. The van der Waals surface area contributed by atoms with Gasteiger partial charge in [-0.3, -0.25) is 0 Å². The summed E-state index contributed by atoms with van der Waals surface area (Å²) in [4.78, 5) is 4.49. The molecule has 0 bridgehead atoms. The van der Waals surface area contributed by atoms with Gasteiger partial charge in [0.15, 0.2) is 0 Å². The standard InChI is InChI=1S/2C4H9N2.2ClH.Ni/c2*5-1-2-6-3-4-6;;;/h2*5H,1-4H2;2*1H;/q2*-1;;;+2/p-2. The molecule has 96 valence electrons. The number of halogens is 2. The van der Waals surface area contributed by atoms with Gasteiger partial charge >= 0.3 is 33.0 Å². The fourth-order valence-electron chi connectivity index (χ4n) is 0.905. The van der Waals surface area contributed by atoms with Crippen LogP contribution in [0.1, 0.15) is 0 Å². The van der Waals surface area contributed by atoms with Gasteiger partial charge in [0.1, 0.15) is 0 Å². The second-order valence-corrected chi connectivity index (χ2v) is 4.86. The third-order valence-electron chi connectivity index (χ3n) is 1.94. The number of rotatable bonds is 4. The molecular weight excluding hydrogens is 282 g/mol. The molecule has 15 heavy (non-hydrogen) atoms. The molecule has 4 nitrogen and oxygen atoms in total. The van der Waals surface area contributed by atoms with Crippen molar-refractivity contribution >= 4 is 20.4 Å². The Morgan fingerprint density at radius 1 is 0.867 bits per heavy atom. The Morgan fingerprint density at radius 3 is 1.20 bits per heavy atom. The molecule has 2 fully saturated rings. The molecule has 0 aromatic heterocycles. The van der Waals surface area contributed by atoms with Crippen molar-refractivity contribution in [1.29, 1.82) is 0 Å². The van der Waals surface area contributed by atoms with E-state index in [2.05, 4.69) is 9.80 Å². The summed E-state index contributed by atoms with van der Waals surface area (Å²) in [6, 6.07) is 0. The molecule has 2 aliphatic rings. The molecule has 0 unspecified atom stereocenters. The van der Waals surface area contributed by atoms with Gasteiger partial charge in [-0.1, -0.05) is 0 Å². The molecule has 0 radical (unpaired) electrons. The van der Waals surface area contributed by atoms with Crippen molar-refractivity contribution in [2.24, 2.45) is 0 Å². The van der Waals surface area contributed by atoms with Gasteiger partial charge in [0.25, 0.3) is 0 Å². The summed E-state index contributed by atoms with van der Waals surface area (Å²) in [5.41, 5.74) is 13.5. The van der Waals surface area contributed by atoms with Crippen molar-refractivity contribution in [3.63, 3.8) is 0 Å². The molecule has 2 N–H and O–H groups in total. The third-order valence-corrected chi connectivity index (χ3v) is 1.94. The maximum Gasteiger partial charge on any atom is 0.0109 e. The zero-order valence-corrected chi connectivity index (χ0v) is 11.1. The van der Waals surface area contributed by atoms with Crippen LogP contribution in [0.3, 0.4) is 0 Å². The normalized spacial score (nSPS) is 18.7. The molecule has 2 rings (SSSR count). The van der Waals surface area contributed by atoms with Gasteiger partial charge in [-0.25, -0.2) is 0 Å². The predicted octanol–water partition coefficient (Wildman–Crippen LogP) is 2.08. The van der Waals surface area contributed by atoms with Gasteiger partial charge < -0.3 is 21.3 Å². The van der Waals surface area contributed by atoms with E-state index < -0.39 is 0 Å². The smallest absolute Gasteiger partial charge is 0.0109 e. The number of hydrogen-bond acceptors (Lipinski definition) is 2. The molecule has 7 heteroatoms. The van der Waals surface area contributed by atoms with Crippen LogP contribution in [0.25, 0.3) is 11.5 Å². The Morgan fingerprint density at radius 2 is 1.13 bits per heavy atom. The summed E-state index contributed by atoms with van der Waals surface area (Å²) in [5.74, 6) is 0. The summed E-state index contributed by atoms with van der Waals surface area (Å²) in [5, 5.41) is 0. The zero-order valence-electron chi connectivity index (χ0n) is 8.62. The summed E-state index contributed by atoms with van der Waals surface area (Å²) >= 11 is 0.569. The average Bonchev–Trinajstić information content (AvgIpc) is 3.01. The van der Waals surface area contributed by atoms with Crippen molar-refractivity contribution in [3.8, 4) is 0 Å². The van der Waals surface area contributed by atoms with Crippen molar-refractivity contribution in [2.75, 3.05) is 52.4 Å². The molecule has 0 aromatic carbocycles. The van der Waals surface area contributed by atoms with Gasteiger partial charge in [0.2, 0.25) is 0 Å². The van der Waals surface area contributed by atoms with Crippen LogP contribution in [0.15, 0.2) is 0 Å². The predicted molar refractivity (Wildman–Crippen MR) is 63.0 cm³/mol. The Hall–Kier alpha value is 0.914. The van der Waals surface area contributed by atoms with Crippen LogP contribution in [-0.2, 0) is 12.7 Å². The first-order valence-corrected chi connectivity index (χ1v) is 7.56. The first kappa shape index (κ1) is 15.9. The van der Waals surface area contributed by atoms with Crippen LogP contribution in [0.2, 0.25) is 0 Å². The molecule has 0 aliphatic carbocycles. The van der Waals surface area contributed by atoms with Gasteiger partial charge in [0.05, 0.1) is 0 Å². The molecule has 0 amide bonds. The van der Waals surface area contributed by atoms with Gasteiger partial charge in [-0.2, -0.15) is 0 Å². The Balaban J connectivity index is 0.000000210. The first-order chi connectivity index (χ1) is 7.28. The van der Waals surface area contributed by atoms with Crippen molar-refractivity contribution in [1.82, 2.24) is 9.80 Å². The summed E-state index contributed by atoms with van der Waals surface area (Å²) < 4.78 is 0. The molecular formula is C8H18Cl2N4Ni-2. The van der Waals surface area contributed by atoms with Crippen LogP contribution in [0, 0.1) is 0 Å². The third kappa shape index (κ3) is 14.9. The maximum atomic E-state index is 6.73. The minimum Gasteiger partial charge on any atom is -0.676 e. The molecule has 2 saturated heterocycles. The van der Waals surface area contributed by atoms with E-state index in [1.54, 1.807) is 0 Å². The minimum absolute atomic E-state index is 0.569. The zero-order chi connectivity index (χ0) is 11.5. The van der Waals surface area contributed by atoms with Crippen LogP contribution in [0.4, 0.5) is 0 Å². The summed E-state index contributed by atoms with van der Waals surface area (Å²) in [6.07, 6.45) is 0. The van der Waals surface area contributed by atoms with Crippen molar-refractivity contribution < 1.29 is 12.7 Å². The van der Waals surface area contributed by atoms with Crippen LogP contribution in [0.5, 0.6) is 0 Å². The molecule has 0 atom stereocenters. The number of nitrogens with zero attached hydrogens (tertiary/aromatic N) is 2. The van der Waals surface area contributed by atoms with E-state index in [0.717, 1.165) is 13.1 Å². The van der Waals surface area contributed by atoms with E-state index in [4.69, 9.17) is 31.9 Å². The fourth-order valence-corrected chi connectivity index (χ4v) is 0.905. The van der Waals surface area contributed by atoms with E-state index in [1.807, 2.05) is 0 Å². The van der Waals surface area contributed by atoms with E-state index in [-0.39, 0.29) is 0 Å². The second kappa shape index (κ2) is 11.4. The largest absolute Gasteiger partial charge is 0.676 e. The topological polar surface area (TPSA) is 53.6 Å². The minimum atomic E-state index is 0.569. The molecule has 0 spiro atoms. The van der Waals surface area contributed by atoms with Crippen molar-refractivity contribution in [3.05, 3.63) is 11.5 Å². The number of hydrogen-bond donors (Lipinski definition) is 0. The maximum absolute atomic E-state index is 6.73. The van der Waals surface area contributed by atoms with E-state index >= 15 is 0 Å². The number of nitrogens with one attached hydrogen (secondary N) is 2. The summed E-state index contributed by atoms with van der Waals surface area (Å²) in [6.45, 7) is 8.05. The Bertz CT molecular complexity index is 120. The fraction of sp³-hybridized carbons (Fsp3) is 1.00. The molecule has 0 aromatic rings. The quantitative estimate of drug-likeness (QED) is 0.589. The Kier molecular flexibility index (Phi) is 12.1. The average molecular weight is 300 g/mol. The van der Waals surface area contributed by atoms with Gasteiger partial charge in [-0.15, -0.1) is 13.1 Å². The van der Waals surface area contributed by atoms with Crippen molar-refractivity contribution in [2.45, 2.75) is 0 Å². The first-order valence-electron chi connectivity index (χ1n) is 4.84. The molecule has 2 aliphatic heterocycles. The Labute approximate surface area is 107 Å². The monoisotopic (exact) mass is 298 g/mol.